The molecule has 1 aliphatic rings. The first kappa shape index (κ1) is 28.7. The second-order valence-electron chi connectivity index (χ2n) is 10.1. The van der Waals surface area contributed by atoms with E-state index in [0.717, 1.165) is 36.6 Å². The van der Waals surface area contributed by atoms with Gasteiger partial charge in [-0.25, -0.2) is 19.9 Å². The molecular formula is C28H30F3N7O2S. The average Bonchev–Trinajstić information content (AvgIpc) is 3.34. The first-order valence-electron chi connectivity index (χ1n) is 13.3. The number of fused-ring (bicyclic) bond motifs is 1. The lowest BCUT2D eigenvalue weighted by molar-refractivity contribution is -0.141. The highest BCUT2D eigenvalue weighted by atomic mass is 32.1. The van der Waals surface area contributed by atoms with E-state index in [4.69, 9.17) is 4.74 Å². The number of benzene rings is 1. The molecule has 1 aliphatic heterocycles. The van der Waals surface area contributed by atoms with Crippen LogP contribution in [0.15, 0.2) is 42.7 Å². The summed E-state index contributed by atoms with van der Waals surface area (Å²) in [6.45, 7) is 7.07. The van der Waals surface area contributed by atoms with E-state index in [-0.39, 0.29) is 23.6 Å². The van der Waals surface area contributed by atoms with Crippen LogP contribution in [0.3, 0.4) is 0 Å². The number of carbonyl (C=O) groups excluding carboxylic acids is 1. The number of aromatic nitrogens is 4. The largest absolute Gasteiger partial charge is 0.437 e. The number of likely N-dealkylation sites (tertiary alicyclic amines) is 1. The Morgan fingerprint density at radius 1 is 1.17 bits per heavy atom. The average molecular weight is 586 g/mol. The lowest BCUT2D eigenvalue weighted by Gasteiger charge is -2.38. The maximum absolute atomic E-state index is 13.6. The van der Waals surface area contributed by atoms with Gasteiger partial charge in [-0.3, -0.25) is 9.69 Å². The molecule has 13 heteroatoms. The predicted molar refractivity (Wildman–Crippen MR) is 152 cm³/mol. The van der Waals surface area contributed by atoms with Crippen LogP contribution in [0.2, 0.25) is 0 Å². The van der Waals surface area contributed by atoms with Crippen molar-refractivity contribution >= 4 is 38.4 Å². The number of thiazole rings is 1. The Labute approximate surface area is 239 Å². The summed E-state index contributed by atoms with van der Waals surface area (Å²) in [4.78, 5) is 30.8. The maximum atomic E-state index is 13.6. The number of pyridine rings is 1. The zero-order chi connectivity index (χ0) is 29.1. The van der Waals surface area contributed by atoms with Gasteiger partial charge in [0.1, 0.15) is 23.4 Å². The number of amides is 1. The molecule has 3 aromatic heterocycles. The molecule has 4 heterocycles. The fourth-order valence-electron chi connectivity index (χ4n) is 4.96. The molecule has 0 aliphatic carbocycles. The first-order valence-corrected chi connectivity index (χ1v) is 14.2. The molecule has 0 spiro atoms. The molecule has 4 aromatic rings. The Balaban J connectivity index is 1.44. The molecule has 1 atom stereocenters. The van der Waals surface area contributed by atoms with Crippen molar-refractivity contribution < 1.29 is 22.7 Å². The molecule has 0 bridgehead atoms. The summed E-state index contributed by atoms with van der Waals surface area (Å²) in [5.74, 6) is 0.456. The number of ether oxygens (including phenoxy) is 1. The molecule has 1 aromatic carbocycles. The van der Waals surface area contributed by atoms with Crippen molar-refractivity contribution in [3.05, 3.63) is 48.4 Å². The van der Waals surface area contributed by atoms with Crippen molar-refractivity contribution in [2.45, 2.75) is 58.3 Å². The fraction of sp³-hybridized carbons (Fsp3) is 0.393. The number of para-hydroxylation sites is 1. The van der Waals surface area contributed by atoms with Crippen LogP contribution < -0.4 is 15.4 Å². The van der Waals surface area contributed by atoms with Crippen molar-refractivity contribution in [3.63, 3.8) is 0 Å². The van der Waals surface area contributed by atoms with E-state index in [1.807, 2.05) is 6.07 Å². The van der Waals surface area contributed by atoms with E-state index in [0.29, 0.717) is 40.2 Å². The number of rotatable bonds is 8. The summed E-state index contributed by atoms with van der Waals surface area (Å²) >= 11 is 1.31. The zero-order valence-electron chi connectivity index (χ0n) is 22.8. The zero-order valence-corrected chi connectivity index (χ0v) is 23.6. The number of nitrogens with zero attached hydrogens (tertiary/aromatic N) is 5. The normalized spacial score (nSPS) is 16.2. The monoisotopic (exact) mass is 585 g/mol. The van der Waals surface area contributed by atoms with Crippen molar-refractivity contribution in [3.8, 4) is 22.9 Å². The van der Waals surface area contributed by atoms with Crippen molar-refractivity contribution in [1.29, 1.82) is 0 Å². The van der Waals surface area contributed by atoms with E-state index in [2.05, 4.69) is 49.3 Å². The molecule has 216 valence electrons. The van der Waals surface area contributed by atoms with Crippen LogP contribution in [0.5, 0.6) is 11.6 Å². The third-order valence-electron chi connectivity index (χ3n) is 6.82. The minimum Gasteiger partial charge on any atom is -0.437 e. The number of hydrogen-bond acceptors (Lipinski definition) is 9. The van der Waals surface area contributed by atoms with Gasteiger partial charge in [0.15, 0.2) is 10.9 Å². The quantitative estimate of drug-likeness (QED) is 0.239. The number of anilines is 2. The van der Waals surface area contributed by atoms with E-state index in [9.17, 15) is 18.0 Å². The Hall–Kier alpha value is -3.84. The Kier molecular flexibility index (Phi) is 8.36. The van der Waals surface area contributed by atoms with Crippen LogP contribution in [0, 0.1) is 0 Å². The van der Waals surface area contributed by atoms with Crippen LogP contribution >= 0.6 is 11.3 Å². The fourth-order valence-corrected chi connectivity index (χ4v) is 5.89. The van der Waals surface area contributed by atoms with Gasteiger partial charge in [0.25, 0.3) is 0 Å². The smallest absolute Gasteiger partial charge is 0.433 e. The molecule has 0 saturated carbocycles. The Morgan fingerprint density at radius 2 is 2.00 bits per heavy atom. The van der Waals surface area contributed by atoms with Crippen LogP contribution in [0.1, 0.15) is 45.7 Å². The van der Waals surface area contributed by atoms with E-state index >= 15 is 0 Å². The molecule has 1 saturated heterocycles. The van der Waals surface area contributed by atoms with Gasteiger partial charge in [-0.2, -0.15) is 13.2 Å². The molecule has 5 rings (SSSR count). The molecule has 41 heavy (non-hydrogen) atoms. The molecule has 2 N–H and O–H groups in total. The van der Waals surface area contributed by atoms with Gasteiger partial charge in [-0.15, -0.1) is 0 Å². The van der Waals surface area contributed by atoms with Crippen molar-refractivity contribution in [1.82, 2.24) is 24.8 Å². The van der Waals surface area contributed by atoms with Crippen LogP contribution in [0.4, 0.5) is 24.1 Å². The molecule has 1 amide bonds. The van der Waals surface area contributed by atoms with E-state index < -0.39 is 11.9 Å². The number of hydrogen-bond donors (Lipinski definition) is 2. The van der Waals surface area contributed by atoms with Gasteiger partial charge < -0.3 is 15.4 Å². The number of nitrogens with one attached hydrogen (secondary N) is 2. The SMILES string of the molecule is CC(=O)Nc1nc2c(Oc3cc(-c4ccc(C(F)(F)F)nc4NCC4CCCCN4C(C)C)ncn3)cccc2s1. The Morgan fingerprint density at radius 3 is 2.76 bits per heavy atom. The standard InChI is InChI=1S/C28H30F3N7O2S/c1-16(2)38-12-5-4-7-18(38)14-32-26-19(10-11-23(36-26)28(29,30)31)20-13-24(34-15-33-20)40-21-8-6-9-22-25(21)37-27(41-22)35-17(3)39/h6,8-11,13,15-16,18H,4-5,7,12,14H2,1-3H3,(H,32,36)(H,35,37,39). The Bertz CT molecular complexity index is 1540. The summed E-state index contributed by atoms with van der Waals surface area (Å²) in [6.07, 6.45) is -0.168. The van der Waals surface area contributed by atoms with Gasteiger partial charge in [0.05, 0.1) is 10.4 Å². The summed E-state index contributed by atoms with van der Waals surface area (Å²) in [7, 11) is 0. The van der Waals surface area contributed by atoms with Crippen LogP contribution in [0.25, 0.3) is 21.5 Å². The first-order chi connectivity index (χ1) is 19.6. The van der Waals surface area contributed by atoms with E-state index in [1.165, 1.54) is 30.7 Å². The molecular weight excluding hydrogens is 555 g/mol. The second-order valence-corrected chi connectivity index (χ2v) is 11.1. The van der Waals surface area contributed by atoms with Crippen molar-refractivity contribution in [2.75, 3.05) is 23.7 Å². The molecule has 1 fully saturated rings. The van der Waals surface area contributed by atoms with Crippen LogP contribution in [-0.2, 0) is 11.0 Å². The summed E-state index contributed by atoms with van der Waals surface area (Å²) in [5.41, 5.74) is 0.315. The number of piperidine rings is 1. The minimum atomic E-state index is -4.59. The lowest BCUT2D eigenvalue weighted by Crippen LogP contribution is -2.47. The highest BCUT2D eigenvalue weighted by Gasteiger charge is 2.33. The second kappa shape index (κ2) is 12.0. The van der Waals surface area contributed by atoms with Gasteiger partial charge in [0.2, 0.25) is 11.8 Å². The number of alkyl halides is 3. The van der Waals surface area contributed by atoms with E-state index in [1.54, 1.807) is 18.2 Å². The maximum Gasteiger partial charge on any atom is 0.433 e. The third kappa shape index (κ3) is 6.73. The predicted octanol–water partition coefficient (Wildman–Crippen LogP) is 6.59. The molecule has 9 nitrogen and oxygen atoms in total. The topological polar surface area (TPSA) is 105 Å². The summed E-state index contributed by atoms with van der Waals surface area (Å²) in [5, 5.41) is 6.30. The third-order valence-corrected chi connectivity index (χ3v) is 7.76. The highest BCUT2D eigenvalue weighted by Crippen LogP contribution is 2.36. The van der Waals surface area contributed by atoms with Gasteiger partial charge in [0, 0.05) is 37.2 Å². The van der Waals surface area contributed by atoms with Gasteiger partial charge in [-0.05, 0) is 57.5 Å². The molecule has 0 radical (unpaired) electrons. The van der Waals surface area contributed by atoms with Crippen LogP contribution in [-0.4, -0.2) is 55.9 Å². The number of halogens is 3. The highest BCUT2D eigenvalue weighted by molar-refractivity contribution is 7.22. The summed E-state index contributed by atoms with van der Waals surface area (Å²) < 4.78 is 47.6. The van der Waals surface area contributed by atoms with Crippen molar-refractivity contribution in [2.24, 2.45) is 0 Å². The number of carbonyl (C=O) groups is 1. The molecule has 1 unspecified atom stereocenters. The summed E-state index contributed by atoms with van der Waals surface area (Å²) in [6, 6.07) is 9.75. The minimum absolute atomic E-state index is 0.0975. The lowest BCUT2D eigenvalue weighted by atomic mass is 10.00. The van der Waals surface area contributed by atoms with Gasteiger partial charge in [-0.1, -0.05) is 23.8 Å². The van der Waals surface area contributed by atoms with Gasteiger partial charge >= 0.3 is 6.18 Å².